The molecule has 0 saturated carbocycles. The number of hydrogen-bond donors (Lipinski definition) is 1. The molecular formula is C28H41N3O6S. The van der Waals surface area contributed by atoms with Crippen molar-refractivity contribution in [3.63, 3.8) is 0 Å². The maximum absolute atomic E-state index is 13.8. The summed E-state index contributed by atoms with van der Waals surface area (Å²) < 4.78 is 44.7. The van der Waals surface area contributed by atoms with Gasteiger partial charge in [0.25, 0.3) is 10.0 Å². The maximum Gasteiger partial charge on any atom is 0.264 e. The van der Waals surface area contributed by atoms with Gasteiger partial charge in [0.1, 0.15) is 12.3 Å². The number of rotatable bonds is 14. The highest BCUT2D eigenvalue weighted by molar-refractivity contribution is 7.92. The largest absolute Gasteiger partial charge is 0.494 e. The monoisotopic (exact) mass is 547 g/mol. The number of likely N-dealkylation sites (tertiary alicyclic amines) is 1. The molecule has 1 unspecified atom stereocenters. The second kappa shape index (κ2) is 14.2. The lowest BCUT2D eigenvalue weighted by molar-refractivity contribution is -0.119. The minimum atomic E-state index is -4.10. The number of carbonyl (C=O) groups is 1. The normalized spacial score (nSPS) is 16.1. The molecule has 1 heterocycles. The van der Waals surface area contributed by atoms with Crippen LogP contribution in [-0.4, -0.2) is 72.3 Å². The third-order valence-corrected chi connectivity index (χ3v) is 8.60. The molecule has 0 aromatic heterocycles. The van der Waals surface area contributed by atoms with Gasteiger partial charge < -0.3 is 24.4 Å². The van der Waals surface area contributed by atoms with Crippen molar-refractivity contribution in [2.45, 2.75) is 56.9 Å². The highest BCUT2D eigenvalue weighted by Crippen LogP contribution is 2.32. The van der Waals surface area contributed by atoms with Gasteiger partial charge in [0.15, 0.2) is 11.5 Å². The summed E-state index contributed by atoms with van der Waals surface area (Å²) in [6.45, 7) is 6.74. The van der Waals surface area contributed by atoms with Crippen LogP contribution in [0.3, 0.4) is 0 Å². The predicted molar refractivity (Wildman–Crippen MR) is 149 cm³/mol. The topological polar surface area (TPSA) is 97.4 Å². The van der Waals surface area contributed by atoms with Gasteiger partial charge in [-0.3, -0.25) is 9.10 Å². The van der Waals surface area contributed by atoms with E-state index in [9.17, 15) is 13.2 Å². The molecule has 2 aromatic carbocycles. The number of anilines is 1. The Morgan fingerprint density at radius 1 is 1.05 bits per heavy atom. The molecule has 1 N–H and O–H groups in total. The highest BCUT2D eigenvalue weighted by Gasteiger charge is 2.28. The number of carbonyl (C=O) groups excluding carboxylic acids is 1. The van der Waals surface area contributed by atoms with Gasteiger partial charge in [-0.15, -0.1) is 0 Å². The van der Waals surface area contributed by atoms with E-state index in [4.69, 9.17) is 14.2 Å². The Labute approximate surface area is 227 Å². The van der Waals surface area contributed by atoms with Gasteiger partial charge in [-0.25, -0.2) is 8.42 Å². The van der Waals surface area contributed by atoms with E-state index in [1.165, 1.54) is 51.7 Å². The number of piperidine rings is 1. The summed E-state index contributed by atoms with van der Waals surface area (Å²) in [5, 5.41) is 2.91. The molecule has 2 aromatic rings. The standard InChI is InChI=1S/C28H41N3O6S/c1-5-22-10-7-8-18-30(22)19-9-17-29-28(32)21-31(23-11-13-24(14-12-23)37-6-2)38(33,34)25-15-16-26(35-3)27(20-25)36-4/h11-16,20,22H,5-10,17-19,21H2,1-4H3,(H,29,32). The molecule has 3 rings (SSSR count). The molecule has 1 aliphatic rings. The molecular weight excluding hydrogens is 506 g/mol. The molecule has 210 valence electrons. The number of nitrogens with zero attached hydrogens (tertiary/aromatic N) is 2. The SMILES string of the molecule is CCOc1ccc(N(CC(=O)NCCCN2CCCCC2CC)S(=O)(=O)c2ccc(OC)c(OC)c2)cc1. The first-order valence-electron chi connectivity index (χ1n) is 13.3. The fourth-order valence-electron chi connectivity index (χ4n) is 4.81. The zero-order chi connectivity index (χ0) is 27.5. The number of nitrogens with one attached hydrogen (secondary N) is 1. The number of hydrogen-bond acceptors (Lipinski definition) is 7. The van der Waals surface area contributed by atoms with Crippen molar-refractivity contribution in [1.82, 2.24) is 10.2 Å². The Morgan fingerprint density at radius 3 is 2.45 bits per heavy atom. The van der Waals surface area contributed by atoms with E-state index >= 15 is 0 Å². The van der Waals surface area contributed by atoms with Crippen molar-refractivity contribution < 1.29 is 27.4 Å². The van der Waals surface area contributed by atoms with E-state index in [0.717, 1.165) is 30.2 Å². The summed E-state index contributed by atoms with van der Waals surface area (Å²) >= 11 is 0. The second-order valence-electron chi connectivity index (χ2n) is 9.25. The van der Waals surface area contributed by atoms with Crippen molar-refractivity contribution in [3.05, 3.63) is 42.5 Å². The number of methoxy groups -OCH3 is 2. The third kappa shape index (κ3) is 7.54. The second-order valence-corrected chi connectivity index (χ2v) is 11.1. The highest BCUT2D eigenvalue weighted by atomic mass is 32.2. The van der Waals surface area contributed by atoms with Crippen LogP contribution in [0.2, 0.25) is 0 Å². The van der Waals surface area contributed by atoms with Crippen molar-refractivity contribution >= 4 is 21.6 Å². The zero-order valence-corrected chi connectivity index (χ0v) is 23.8. The van der Waals surface area contributed by atoms with Gasteiger partial charge in [-0.1, -0.05) is 13.3 Å². The molecule has 1 fully saturated rings. The Hall–Kier alpha value is -2.98. The van der Waals surface area contributed by atoms with Crippen LogP contribution in [0.5, 0.6) is 17.2 Å². The van der Waals surface area contributed by atoms with Crippen LogP contribution in [0, 0.1) is 0 Å². The lowest BCUT2D eigenvalue weighted by Crippen LogP contribution is -2.43. The Balaban J connectivity index is 1.75. The first-order chi connectivity index (χ1) is 18.3. The van der Waals surface area contributed by atoms with Crippen molar-refractivity contribution in [2.24, 2.45) is 0 Å². The fourth-order valence-corrected chi connectivity index (χ4v) is 6.24. The van der Waals surface area contributed by atoms with E-state index in [-0.39, 0.29) is 23.1 Å². The molecule has 1 saturated heterocycles. The number of amides is 1. The molecule has 0 spiro atoms. The van der Waals surface area contributed by atoms with Crippen LogP contribution >= 0.6 is 0 Å². The van der Waals surface area contributed by atoms with E-state index in [0.29, 0.717) is 36.4 Å². The average molecular weight is 548 g/mol. The molecule has 38 heavy (non-hydrogen) atoms. The van der Waals surface area contributed by atoms with E-state index in [1.807, 2.05) is 6.92 Å². The zero-order valence-electron chi connectivity index (χ0n) is 22.9. The van der Waals surface area contributed by atoms with Gasteiger partial charge in [0.05, 0.1) is 31.4 Å². The van der Waals surface area contributed by atoms with E-state index < -0.39 is 10.0 Å². The third-order valence-electron chi connectivity index (χ3n) is 6.83. The fraction of sp³-hybridized carbons (Fsp3) is 0.536. The molecule has 1 atom stereocenters. The van der Waals surface area contributed by atoms with Crippen LogP contribution in [0.4, 0.5) is 5.69 Å². The number of sulfonamides is 1. The summed E-state index contributed by atoms with van der Waals surface area (Å²) in [5.41, 5.74) is 0.359. The van der Waals surface area contributed by atoms with Crippen LogP contribution in [0.15, 0.2) is 47.4 Å². The molecule has 1 amide bonds. The number of ether oxygens (including phenoxy) is 3. The van der Waals surface area contributed by atoms with E-state index in [1.54, 1.807) is 24.3 Å². The molecule has 10 heteroatoms. The van der Waals surface area contributed by atoms with Crippen molar-refractivity contribution in [2.75, 3.05) is 51.3 Å². The Bertz CT molecular complexity index is 1140. The maximum atomic E-state index is 13.8. The van der Waals surface area contributed by atoms with Gasteiger partial charge in [0.2, 0.25) is 5.91 Å². The molecule has 0 radical (unpaired) electrons. The first kappa shape index (κ1) is 29.6. The minimum absolute atomic E-state index is 0.00691. The lowest BCUT2D eigenvalue weighted by Gasteiger charge is -2.35. The van der Waals surface area contributed by atoms with Gasteiger partial charge in [0, 0.05) is 25.2 Å². The van der Waals surface area contributed by atoms with Gasteiger partial charge in [-0.2, -0.15) is 0 Å². The van der Waals surface area contributed by atoms with Crippen LogP contribution in [0.1, 0.15) is 46.0 Å². The number of benzene rings is 2. The molecule has 1 aliphatic heterocycles. The Morgan fingerprint density at radius 2 is 1.79 bits per heavy atom. The summed E-state index contributed by atoms with van der Waals surface area (Å²) in [4.78, 5) is 15.5. The van der Waals surface area contributed by atoms with Gasteiger partial charge >= 0.3 is 0 Å². The minimum Gasteiger partial charge on any atom is -0.494 e. The molecule has 0 aliphatic carbocycles. The summed E-state index contributed by atoms with van der Waals surface area (Å²) in [6.07, 6.45) is 5.68. The van der Waals surface area contributed by atoms with Crippen molar-refractivity contribution in [1.29, 1.82) is 0 Å². The summed E-state index contributed by atoms with van der Waals surface area (Å²) in [6, 6.07) is 11.6. The van der Waals surface area contributed by atoms with Crippen LogP contribution in [0.25, 0.3) is 0 Å². The van der Waals surface area contributed by atoms with Crippen LogP contribution < -0.4 is 23.8 Å². The Kier molecular flexibility index (Phi) is 11.1. The average Bonchev–Trinajstić information content (AvgIpc) is 2.94. The quantitative estimate of drug-likeness (QED) is 0.356. The van der Waals surface area contributed by atoms with E-state index in [2.05, 4.69) is 17.1 Å². The molecule has 9 nitrogen and oxygen atoms in total. The predicted octanol–water partition coefficient (Wildman–Crippen LogP) is 4.07. The summed E-state index contributed by atoms with van der Waals surface area (Å²) in [5.74, 6) is 0.949. The first-order valence-corrected chi connectivity index (χ1v) is 14.8. The molecule has 0 bridgehead atoms. The summed E-state index contributed by atoms with van der Waals surface area (Å²) in [7, 11) is -1.18. The smallest absolute Gasteiger partial charge is 0.264 e. The van der Waals surface area contributed by atoms with Gasteiger partial charge in [-0.05, 0) is 75.5 Å². The van der Waals surface area contributed by atoms with Crippen LogP contribution in [-0.2, 0) is 14.8 Å². The van der Waals surface area contributed by atoms with Crippen molar-refractivity contribution in [3.8, 4) is 17.2 Å². The lowest BCUT2D eigenvalue weighted by atomic mass is 10.00.